The lowest BCUT2D eigenvalue weighted by Crippen LogP contribution is -2.45. The van der Waals surface area contributed by atoms with Gasteiger partial charge < -0.3 is 10.2 Å². The minimum absolute atomic E-state index is 0.0279. The molecule has 0 bridgehead atoms. The Labute approximate surface area is 82.9 Å². The largest absolute Gasteiger partial charge is 0.338 e. The summed E-state index contributed by atoms with van der Waals surface area (Å²) in [6.45, 7) is 2.28. The third-order valence-corrected chi connectivity index (χ3v) is 2.26. The first-order valence-electron chi connectivity index (χ1n) is 4.78. The third-order valence-electron chi connectivity index (χ3n) is 2.26. The first-order chi connectivity index (χ1) is 6.86. The molecule has 0 atom stereocenters. The van der Waals surface area contributed by atoms with Crippen LogP contribution in [-0.4, -0.2) is 29.0 Å². The van der Waals surface area contributed by atoms with Crippen molar-refractivity contribution >= 4 is 6.03 Å². The van der Waals surface area contributed by atoms with Gasteiger partial charge in [0.25, 0.3) is 0 Å². The average Bonchev–Trinajstić information content (AvgIpc) is 2.23. The van der Waals surface area contributed by atoms with E-state index in [-0.39, 0.29) is 6.03 Å². The SMILES string of the molecule is O=C1NCCCN1Cc1cccnc1. The Bertz CT molecular complexity index is 312. The Morgan fingerprint density at radius 2 is 2.50 bits per heavy atom. The smallest absolute Gasteiger partial charge is 0.317 e. The van der Waals surface area contributed by atoms with Gasteiger partial charge in [-0.1, -0.05) is 6.07 Å². The van der Waals surface area contributed by atoms with Crippen LogP contribution in [0, 0.1) is 0 Å². The molecule has 0 spiro atoms. The van der Waals surface area contributed by atoms with Crippen LogP contribution in [-0.2, 0) is 6.54 Å². The van der Waals surface area contributed by atoms with Crippen LogP contribution in [0.4, 0.5) is 4.79 Å². The molecule has 0 aromatic carbocycles. The highest BCUT2D eigenvalue weighted by molar-refractivity contribution is 5.74. The van der Waals surface area contributed by atoms with Crippen LogP contribution >= 0.6 is 0 Å². The highest BCUT2D eigenvalue weighted by Gasteiger charge is 2.16. The summed E-state index contributed by atoms with van der Waals surface area (Å²) in [5, 5.41) is 2.82. The molecule has 1 N–H and O–H groups in total. The summed E-state index contributed by atoms with van der Waals surface area (Å²) in [5.41, 5.74) is 1.07. The molecule has 2 rings (SSSR count). The van der Waals surface area contributed by atoms with Gasteiger partial charge in [-0.25, -0.2) is 4.79 Å². The number of hydrogen-bond donors (Lipinski definition) is 1. The van der Waals surface area contributed by atoms with Crippen molar-refractivity contribution in [1.82, 2.24) is 15.2 Å². The summed E-state index contributed by atoms with van der Waals surface area (Å²) < 4.78 is 0. The van der Waals surface area contributed by atoms with Crippen molar-refractivity contribution < 1.29 is 4.79 Å². The van der Waals surface area contributed by atoms with Crippen LogP contribution in [0.1, 0.15) is 12.0 Å². The van der Waals surface area contributed by atoms with E-state index in [9.17, 15) is 4.79 Å². The number of rotatable bonds is 2. The van der Waals surface area contributed by atoms with Crippen molar-refractivity contribution in [2.45, 2.75) is 13.0 Å². The molecule has 1 aromatic rings. The molecule has 4 heteroatoms. The van der Waals surface area contributed by atoms with E-state index in [4.69, 9.17) is 0 Å². The Morgan fingerprint density at radius 3 is 3.21 bits per heavy atom. The topological polar surface area (TPSA) is 45.2 Å². The van der Waals surface area contributed by atoms with Gasteiger partial charge in [-0.05, 0) is 18.1 Å². The maximum atomic E-state index is 11.4. The van der Waals surface area contributed by atoms with Gasteiger partial charge >= 0.3 is 6.03 Å². The molecule has 74 valence electrons. The molecule has 2 amide bonds. The summed E-state index contributed by atoms with van der Waals surface area (Å²) in [5.74, 6) is 0. The molecule has 1 aliphatic rings. The molecule has 1 fully saturated rings. The van der Waals surface area contributed by atoms with Gasteiger partial charge in [-0.2, -0.15) is 0 Å². The molecule has 1 aromatic heterocycles. The fraction of sp³-hybridized carbons (Fsp3) is 0.400. The van der Waals surface area contributed by atoms with Crippen LogP contribution in [0.25, 0.3) is 0 Å². The van der Waals surface area contributed by atoms with Crippen molar-refractivity contribution in [3.8, 4) is 0 Å². The summed E-state index contributed by atoms with van der Waals surface area (Å²) in [6.07, 6.45) is 4.55. The van der Waals surface area contributed by atoms with E-state index < -0.39 is 0 Å². The average molecular weight is 191 g/mol. The van der Waals surface area contributed by atoms with Gasteiger partial charge in [-0.3, -0.25) is 4.98 Å². The highest BCUT2D eigenvalue weighted by atomic mass is 16.2. The lowest BCUT2D eigenvalue weighted by molar-refractivity contribution is 0.183. The maximum Gasteiger partial charge on any atom is 0.317 e. The van der Waals surface area contributed by atoms with Crippen LogP contribution in [0.15, 0.2) is 24.5 Å². The second kappa shape index (κ2) is 4.09. The van der Waals surface area contributed by atoms with E-state index in [1.165, 1.54) is 0 Å². The zero-order valence-corrected chi connectivity index (χ0v) is 7.94. The summed E-state index contributed by atoms with van der Waals surface area (Å²) in [6, 6.07) is 3.90. The highest BCUT2D eigenvalue weighted by Crippen LogP contribution is 2.06. The molecule has 1 aliphatic heterocycles. The van der Waals surface area contributed by atoms with Crippen molar-refractivity contribution in [2.75, 3.05) is 13.1 Å². The molecule has 0 saturated carbocycles. The number of urea groups is 1. The molecule has 14 heavy (non-hydrogen) atoms. The molecule has 1 saturated heterocycles. The fourth-order valence-electron chi connectivity index (χ4n) is 1.54. The summed E-state index contributed by atoms with van der Waals surface area (Å²) in [7, 11) is 0. The lowest BCUT2D eigenvalue weighted by Gasteiger charge is -2.27. The predicted octanol–water partition coefficient (Wildman–Crippen LogP) is 0.997. The number of carbonyl (C=O) groups is 1. The Morgan fingerprint density at radius 1 is 1.57 bits per heavy atom. The number of nitrogens with zero attached hydrogens (tertiary/aromatic N) is 2. The quantitative estimate of drug-likeness (QED) is 0.757. The van der Waals surface area contributed by atoms with Gasteiger partial charge in [0.15, 0.2) is 0 Å². The Balaban J connectivity index is 2.00. The number of carbonyl (C=O) groups excluding carboxylic acids is 1. The third kappa shape index (κ3) is 2.02. The van der Waals surface area contributed by atoms with E-state index >= 15 is 0 Å². The predicted molar refractivity (Wildman–Crippen MR) is 52.7 cm³/mol. The molecule has 0 aliphatic carbocycles. The monoisotopic (exact) mass is 191 g/mol. The Kier molecular flexibility index (Phi) is 2.62. The number of pyridine rings is 1. The van der Waals surface area contributed by atoms with Gasteiger partial charge in [0.1, 0.15) is 0 Å². The van der Waals surface area contributed by atoms with Crippen molar-refractivity contribution in [3.63, 3.8) is 0 Å². The number of nitrogens with one attached hydrogen (secondary N) is 1. The normalized spacial score (nSPS) is 16.6. The molecule has 0 radical (unpaired) electrons. The number of amides is 2. The van der Waals surface area contributed by atoms with Gasteiger partial charge in [0, 0.05) is 32.0 Å². The maximum absolute atomic E-state index is 11.4. The Hall–Kier alpha value is -1.58. The minimum atomic E-state index is 0.0279. The van der Waals surface area contributed by atoms with Gasteiger partial charge in [0.2, 0.25) is 0 Å². The first kappa shape index (κ1) is 8.99. The standard InChI is InChI=1S/C10H13N3O/c14-10-12-5-2-6-13(10)8-9-3-1-4-11-7-9/h1,3-4,7H,2,5-6,8H2,(H,12,14). The first-order valence-corrected chi connectivity index (χ1v) is 4.78. The van der Waals surface area contributed by atoms with Crippen LogP contribution < -0.4 is 5.32 Å². The summed E-state index contributed by atoms with van der Waals surface area (Å²) in [4.78, 5) is 17.2. The number of aromatic nitrogens is 1. The zero-order valence-electron chi connectivity index (χ0n) is 7.94. The van der Waals surface area contributed by atoms with Crippen molar-refractivity contribution in [1.29, 1.82) is 0 Å². The molecular weight excluding hydrogens is 178 g/mol. The summed E-state index contributed by atoms with van der Waals surface area (Å²) >= 11 is 0. The van der Waals surface area contributed by atoms with E-state index in [0.29, 0.717) is 6.54 Å². The van der Waals surface area contributed by atoms with E-state index in [0.717, 1.165) is 25.1 Å². The van der Waals surface area contributed by atoms with Crippen LogP contribution in [0.5, 0.6) is 0 Å². The lowest BCUT2D eigenvalue weighted by atomic mass is 10.2. The molecule has 4 nitrogen and oxygen atoms in total. The van der Waals surface area contributed by atoms with Crippen LogP contribution in [0.3, 0.4) is 0 Å². The van der Waals surface area contributed by atoms with Crippen molar-refractivity contribution in [2.24, 2.45) is 0 Å². The second-order valence-electron chi connectivity index (χ2n) is 3.37. The number of hydrogen-bond acceptors (Lipinski definition) is 2. The molecule has 2 heterocycles. The van der Waals surface area contributed by atoms with Crippen molar-refractivity contribution in [3.05, 3.63) is 30.1 Å². The minimum Gasteiger partial charge on any atom is -0.338 e. The van der Waals surface area contributed by atoms with Gasteiger partial charge in [-0.15, -0.1) is 0 Å². The van der Waals surface area contributed by atoms with Gasteiger partial charge in [0.05, 0.1) is 0 Å². The van der Waals surface area contributed by atoms with Crippen LogP contribution in [0.2, 0.25) is 0 Å². The van der Waals surface area contributed by atoms with E-state index in [1.54, 1.807) is 17.3 Å². The fourth-order valence-corrected chi connectivity index (χ4v) is 1.54. The van der Waals surface area contributed by atoms with E-state index in [1.807, 2.05) is 12.1 Å². The second-order valence-corrected chi connectivity index (χ2v) is 3.37. The molecular formula is C10H13N3O. The van der Waals surface area contributed by atoms with E-state index in [2.05, 4.69) is 10.3 Å². The zero-order chi connectivity index (χ0) is 9.80. The molecule has 0 unspecified atom stereocenters.